The van der Waals surface area contributed by atoms with E-state index >= 15 is 0 Å². The van der Waals surface area contributed by atoms with Gasteiger partial charge in [0.15, 0.2) is 0 Å². The number of hydrogen-bond acceptors (Lipinski definition) is 10. The summed E-state index contributed by atoms with van der Waals surface area (Å²) >= 11 is 0. The second-order valence-electron chi connectivity index (χ2n) is 11.6. The van der Waals surface area contributed by atoms with Crippen LogP contribution in [0.15, 0.2) is 59.8 Å². The molecule has 0 spiro atoms. The van der Waals surface area contributed by atoms with Crippen molar-refractivity contribution in [2.75, 3.05) is 20.3 Å². The Morgan fingerprint density at radius 1 is 1.13 bits per heavy atom. The second kappa shape index (κ2) is 13.7. The Morgan fingerprint density at radius 3 is 2.44 bits per heavy atom. The Hall–Kier alpha value is -4.34. The van der Waals surface area contributed by atoms with Gasteiger partial charge >= 0.3 is 5.97 Å². The number of nitrogens with zero attached hydrogens (tertiary/aromatic N) is 4. The Balaban J connectivity index is 1.54. The van der Waals surface area contributed by atoms with E-state index < -0.39 is 51.4 Å². The quantitative estimate of drug-likeness (QED) is 0.259. The summed E-state index contributed by atoms with van der Waals surface area (Å²) in [6, 6.07) is 8.76. The zero-order valence-corrected chi connectivity index (χ0v) is 26.6. The number of β-amino-alcohol motifs (C(OH)–C–C–N with tert-alkyl or cyclic N) is 1. The molecule has 0 saturated carbocycles. The molecule has 15 heteroatoms. The Labute approximate surface area is 261 Å². The van der Waals surface area contributed by atoms with Crippen LogP contribution in [0.2, 0.25) is 0 Å². The molecule has 1 aromatic heterocycles. The molecule has 3 aromatic rings. The number of benzene rings is 2. The largest absolute Gasteiger partial charge is 0.492 e. The van der Waals surface area contributed by atoms with E-state index in [2.05, 4.69) is 20.4 Å². The van der Waals surface area contributed by atoms with Gasteiger partial charge < -0.3 is 24.8 Å². The van der Waals surface area contributed by atoms with Gasteiger partial charge in [0.2, 0.25) is 21.8 Å². The first-order valence-corrected chi connectivity index (χ1v) is 15.8. The van der Waals surface area contributed by atoms with Crippen LogP contribution >= 0.6 is 0 Å². The summed E-state index contributed by atoms with van der Waals surface area (Å²) in [6.07, 6.45) is 2.27. The molecule has 0 aliphatic carbocycles. The van der Waals surface area contributed by atoms with Crippen molar-refractivity contribution >= 4 is 27.8 Å². The van der Waals surface area contributed by atoms with Crippen LogP contribution < -0.4 is 14.8 Å². The highest BCUT2D eigenvalue weighted by Gasteiger charge is 2.45. The van der Waals surface area contributed by atoms with Crippen LogP contribution in [0.5, 0.6) is 5.75 Å². The topological polar surface area (TPSA) is 182 Å². The number of ether oxygens (including phenoxy) is 2. The summed E-state index contributed by atoms with van der Waals surface area (Å²) in [7, 11) is -3.28. The lowest BCUT2D eigenvalue weighted by molar-refractivity contribution is -0.141. The number of sulfonamides is 1. The molecule has 1 aliphatic heterocycles. The third-order valence-corrected chi connectivity index (χ3v) is 8.74. The van der Waals surface area contributed by atoms with Crippen molar-refractivity contribution in [1.29, 1.82) is 0 Å². The lowest BCUT2D eigenvalue weighted by atomic mass is 9.86. The third kappa shape index (κ3) is 7.85. The molecule has 3 atom stereocenters. The lowest BCUT2D eigenvalue weighted by Crippen LogP contribution is -2.57. The zero-order chi connectivity index (χ0) is 32.9. The van der Waals surface area contributed by atoms with Crippen molar-refractivity contribution in [1.82, 2.24) is 29.9 Å². The number of nitrogens with one attached hydrogen (secondary N) is 2. The van der Waals surface area contributed by atoms with Gasteiger partial charge in [-0.1, -0.05) is 38.1 Å². The summed E-state index contributed by atoms with van der Waals surface area (Å²) in [4.78, 5) is 40.3. The van der Waals surface area contributed by atoms with Crippen LogP contribution in [0.3, 0.4) is 0 Å². The summed E-state index contributed by atoms with van der Waals surface area (Å²) in [5, 5.41) is 21.0. The number of methoxy groups -OCH3 is 1. The molecule has 1 fully saturated rings. The molecule has 1 aliphatic rings. The van der Waals surface area contributed by atoms with Crippen molar-refractivity contribution in [3.8, 4) is 11.4 Å². The predicted molar refractivity (Wildman–Crippen MR) is 162 cm³/mol. The van der Waals surface area contributed by atoms with E-state index in [9.17, 15) is 27.9 Å². The van der Waals surface area contributed by atoms with E-state index in [0.29, 0.717) is 0 Å². The minimum atomic E-state index is -4.46. The molecule has 0 bridgehead atoms. The average molecular weight is 643 g/mol. The van der Waals surface area contributed by atoms with Crippen molar-refractivity contribution < 1.29 is 37.4 Å². The monoisotopic (exact) mass is 642 g/mol. The number of aliphatic hydroxyl groups is 1. The molecule has 2 aromatic carbocycles. The van der Waals surface area contributed by atoms with Gasteiger partial charge in [-0.05, 0) is 48.2 Å². The highest BCUT2D eigenvalue weighted by atomic mass is 32.2. The number of hydrogen-bond donors (Lipinski definition) is 3. The SMILES string of the molecule is CCOc1ccc(C(=O)OC)cc1S(=O)(=O)N[C@H](C(=O)N1C[C@H](O)C[C@H]1C(=O)NCc1ccc(-n2ccnn2)cc1)C(C)(C)C. The average Bonchev–Trinajstić information content (AvgIpc) is 3.68. The minimum Gasteiger partial charge on any atom is -0.492 e. The van der Waals surface area contributed by atoms with Crippen LogP contribution in [0.4, 0.5) is 0 Å². The molecule has 2 amide bonds. The molecular formula is C30H38N6O8S. The molecule has 242 valence electrons. The van der Waals surface area contributed by atoms with Gasteiger partial charge in [-0.2, -0.15) is 4.72 Å². The number of rotatable bonds is 11. The molecule has 0 radical (unpaired) electrons. The van der Waals surface area contributed by atoms with Crippen molar-refractivity contribution in [2.45, 2.75) is 63.7 Å². The van der Waals surface area contributed by atoms with Crippen molar-refractivity contribution in [2.24, 2.45) is 5.41 Å². The van der Waals surface area contributed by atoms with Gasteiger partial charge in [0.05, 0.1) is 43.5 Å². The van der Waals surface area contributed by atoms with Crippen LogP contribution in [0.1, 0.15) is 50.0 Å². The van der Waals surface area contributed by atoms with E-state index in [1.165, 1.54) is 24.1 Å². The smallest absolute Gasteiger partial charge is 0.337 e. The molecule has 1 saturated heterocycles. The zero-order valence-electron chi connectivity index (χ0n) is 25.8. The fourth-order valence-electron chi connectivity index (χ4n) is 4.95. The van der Waals surface area contributed by atoms with Crippen LogP contribution in [0.25, 0.3) is 5.69 Å². The highest BCUT2D eigenvalue weighted by molar-refractivity contribution is 7.89. The first-order valence-electron chi connectivity index (χ1n) is 14.3. The molecule has 0 unspecified atom stereocenters. The molecule has 14 nitrogen and oxygen atoms in total. The Bertz CT molecular complexity index is 1620. The van der Waals surface area contributed by atoms with Crippen LogP contribution in [-0.4, -0.2) is 89.7 Å². The lowest BCUT2D eigenvalue weighted by Gasteiger charge is -2.35. The maximum Gasteiger partial charge on any atom is 0.337 e. The van der Waals surface area contributed by atoms with E-state index in [4.69, 9.17) is 9.47 Å². The van der Waals surface area contributed by atoms with E-state index in [1.54, 1.807) is 44.8 Å². The summed E-state index contributed by atoms with van der Waals surface area (Å²) < 4.78 is 41.8. The van der Waals surface area contributed by atoms with Gasteiger partial charge in [0, 0.05) is 19.5 Å². The van der Waals surface area contributed by atoms with Crippen LogP contribution in [-0.2, 0) is 30.9 Å². The van der Waals surface area contributed by atoms with E-state index in [0.717, 1.165) is 17.3 Å². The Kier molecular flexibility index (Phi) is 10.3. The molecule has 2 heterocycles. The number of likely N-dealkylation sites (tertiary alicyclic amines) is 1. The number of esters is 1. The number of amides is 2. The highest BCUT2D eigenvalue weighted by Crippen LogP contribution is 2.30. The minimum absolute atomic E-state index is 0.0118. The molecule has 45 heavy (non-hydrogen) atoms. The molecule has 3 N–H and O–H groups in total. The van der Waals surface area contributed by atoms with E-state index in [-0.39, 0.29) is 42.3 Å². The normalized spacial score (nSPS) is 17.5. The maximum absolute atomic E-state index is 14.0. The maximum atomic E-state index is 14.0. The van der Waals surface area contributed by atoms with Gasteiger partial charge in [-0.3, -0.25) is 9.59 Å². The summed E-state index contributed by atoms with van der Waals surface area (Å²) in [5.41, 5.74) is 0.603. The predicted octanol–water partition coefficient (Wildman–Crippen LogP) is 1.42. The fraction of sp³-hybridized carbons (Fsp3) is 0.433. The molecule has 4 rings (SSSR count). The second-order valence-corrected chi connectivity index (χ2v) is 13.3. The number of aromatic nitrogens is 3. The van der Waals surface area contributed by atoms with Gasteiger partial charge in [-0.25, -0.2) is 17.9 Å². The number of carbonyl (C=O) groups excluding carboxylic acids is 3. The van der Waals surface area contributed by atoms with Crippen molar-refractivity contribution in [3.05, 3.63) is 66.0 Å². The summed E-state index contributed by atoms with van der Waals surface area (Å²) in [5.74, 6) is -1.92. The third-order valence-electron chi connectivity index (χ3n) is 7.30. The van der Waals surface area contributed by atoms with Gasteiger partial charge in [-0.15, -0.1) is 5.10 Å². The first-order chi connectivity index (χ1) is 21.2. The Morgan fingerprint density at radius 2 is 1.84 bits per heavy atom. The number of aliphatic hydroxyl groups excluding tert-OH is 1. The summed E-state index contributed by atoms with van der Waals surface area (Å²) in [6.45, 7) is 6.87. The fourth-order valence-corrected chi connectivity index (χ4v) is 6.51. The first kappa shape index (κ1) is 33.6. The van der Waals surface area contributed by atoms with E-state index in [1.807, 2.05) is 24.3 Å². The van der Waals surface area contributed by atoms with Crippen molar-refractivity contribution in [3.63, 3.8) is 0 Å². The number of carbonyl (C=O) groups is 3. The van der Waals surface area contributed by atoms with Crippen LogP contribution in [0, 0.1) is 5.41 Å². The van der Waals surface area contributed by atoms with Gasteiger partial charge in [0.1, 0.15) is 22.7 Å². The van der Waals surface area contributed by atoms with Gasteiger partial charge in [0.25, 0.3) is 0 Å². The standard InChI is InChI=1S/C30H38N6O8S/c1-6-44-24-12-9-20(29(40)43-5)15-25(24)45(41,42)33-26(30(2,3)4)28(39)35-18-22(37)16-23(35)27(38)31-17-19-7-10-21(11-8-19)36-14-13-32-34-36/h7-15,22-23,26,33,37H,6,16-18H2,1-5H3,(H,31,38)/t22-,23+,26-/m1/s1. The molecular weight excluding hydrogens is 604 g/mol.